The highest BCUT2D eigenvalue weighted by atomic mass is 16.5. The summed E-state index contributed by atoms with van der Waals surface area (Å²) in [6.07, 6.45) is 11.6. The zero-order valence-corrected chi connectivity index (χ0v) is 27.9. The van der Waals surface area contributed by atoms with Crippen molar-refractivity contribution in [3.63, 3.8) is 0 Å². The van der Waals surface area contributed by atoms with Gasteiger partial charge in [-0.2, -0.15) is 5.10 Å². The molecule has 7 rings (SSSR count). The van der Waals surface area contributed by atoms with Crippen molar-refractivity contribution in [1.82, 2.24) is 29.9 Å². The number of carbonyl (C=O) groups is 1. The normalized spacial score (nSPS) is 21.7. The molecule has 1 aliphatic heterocycles. The van der Waals surface area contributed by atoms with Gasteiger partial charge in [-0.25, -0.2) is 4.98 Å². The van der Waals surface area contributed by atoms with Crippen molar-refractivity contribution in [2.75, 3.05) is 45.1 Å². The lowest BCUT2D eigenvalue weighted by atomic mass is 9.84. The van der Waals surface area contributed by atoms with Gasteiger partial charge in [0.1, 0.15) is 5.82 Å². The summed E-state index contributed by atoms with van der Waals surface area (Å²) in [6, 6.07) is 17.9. The van der Waals surface area contributed by atoms with Crippen LogP contribution in [0.15, 0.2) is 67.1 Å². The van der Waals surface area contributed by atoms with Crippen LogP contribution in [0.3, 0.4) is 0 Å². The number of carbonyl (C=O) groups excluding carboxylic acids is 1. The molecule has 3 aliphatic rings. The van der Waals surface area contributed by atoms with Gasteiger partial charge in [-0.05, 0) is 72.4 Å². The highest BCUT2D eigenvalue weighted by molar-refractivity contribution is 5.99. The largest absolute Gasteiger partial charge is 0.395 e. The van der Waals surface area contributed by atoms with Crippen LogP contribution >= 0.6 is 0 Å². The third kappa shape index (κ3) is 7.17. The zero-order valence-electron chi connectivity index (χ0n) is 27.9. The molecule has 2 aromatic carbocycles. The Labute approximate surface area is 282 Å². The Morgan fingerprint density at radius 3 is 2.54 bits per heavy atom. The number of aromatic nitrogens is 3. The molecule has 1 saturated carbocycles. The maximum absolute atomic E-state index is 13.3. The Kier molecular flexibility index (Phi) is 9.86. The number of anilines is 1. The summed E-state index contributed by atoms with van der Waals surface area (Å²) in [5.74, 6) is -0.0182. The van der Waals surface area contributed by atoms with Gasteiger partial charge in [-0.15, -0.1) is 0 Å². The number of nitrogens with zero attached hydrogens (tertiary/aromatic N) is 5. The van der Waals surface area contributed by atoms with Gasteiger partial charge >= 0.3 is 0 Å². The number of aliphatic hydroxyl groups excluding tert-OH is 1. The lowest BCUT2D eigenvalue weighted by Crippen LogP contribution is -2.48. The lowest BCUT2D eigenvalue weighted by Gasteiger charge is -2.41. The summed E-state index contributed by atoms with van der Waals surface area (Å²) in [5, 5.41) is 16.7. The van der Waals surface area contributed by atoms with E-state index in [2.05, 4.69) is 67.7 Å². The molecule has 0 bridgehead atoms. The number of β-amino-alcohol motifs (C(OH)–C–C–N with tert-alkyl or cyclic N) is 1. The fraction of sp³-hybridized carbons (Fsp3) is 0.447. The second kappa shape index (κ2) is 14.6. The Morgan fingerprint density at radius 2 is 1.77 bits per heavy atom. The molecule has 4 aromatic rings. The van der Waals surface area contributed by atoms with Crippen LogP contribution in [0.5, 0.6) is 0 Å². The van der Waals surface area contributed by atoms with Gasteiger partial charge in [-0.3, -0.25) is 19.3 Å². The second-order valence-electron chi connectivity index (χ2n) is 13.5. The highest BCUT2D eigenvalue weighted by Crippen LogP contribution is 2.37. The van der Waals surface area contributed by atoms with E-state index in [9.17, 15) is 9.90 Å². The first-order chi connectivity index (χ1) is 23.4. The number of piperazine rings is 1. The van der Waals surface area contributed by atoms with Crippen molar-refractivity contribution in [1.29, 1.82) is 0 Å². The molecule has 10 heteroatoms. The molecule has 2 aliphatic carbocycles. The maximum atomic E-state index is 13.3. The Balaban J connectivity index is 0.950. The first-order valence-electron chi connectivity index (χ1n) is 17.4. The SMILES string of the molecule is Cn1cc(-c2cnc(N)c(C(=O)N[C@H]3CCC[C@@H]3OCc3ccc(-c4ccc5c(c4)CCCC5N4CCN(CCO)CC4)cc3)c2)cn1. The summed E-state index contributed by atoms with van der Waals surface area (Å²) in [5.41, 5.74) is 14.7. The summed E-state index contributed by atoms with van der Waals surface area (Å²) in [6.45, 7) is 5.71. The van der Waals surface area contributed by atoms with Crippen LogP contribution in [0.4, 0.5) is 5.82 Å². The van der Waals surface area contributed by atoms with Crippen LogP contribution in [0.1, 0.15) is 65.2 Å². The Bertz CT molecular complexity index is 1710. The molecule has 48 heavy (non-hydrogen) atoms. The van der Waals surface area contributed by atoms with E-state index >= 15 is 0 Å². The quantitative estimate of drug-likeness (QED) is 0.228. The fourth-order valence-electron chi connectivity index (χ4n) is 7.71. The molecule has 2 aromatic heterocycles. The molecule has 1 amide bonds. The van der Waals surface area contributed by atoms with E-state index < -0.39 is 0 Å². The van der Waals surface area contributed by atoms with Gasteiger partial charge in [0.05, 0.1) is 37.1 Å². The number of hydrogen-bond acceptors (Lipinski definition) is 8. The van der Waals surface area contributed by atoms with E-state index in [1.165, 1.54) is 35.1 Å². The number of amides is 1. The third-order valence-electron chi connectivity index (χ3n) is 10.4. The summed E-state index contributed by atoms with van der Waals surface area (Å²) >= 11 is 0. The third-order valence-corrected chi connectivity index (χ3v) is 10.4. The second-order valence-corrected chi connectivity index (χ2v) is 13.5. The number of benzene rings is 2. The van der Waals surface area contributed by atoms with E-state index in [0.717, 1.165) is 75.1 Å². The van der Waals surface area contributed by atoms with Crippen molar-refractivity contribution in [3.05, 3.63) is 89.4 Å². The van der Waals surface area contributed by atoms with Gasteiger partial charge in [-0.1, -0.05) is 42.5 Å². The number of ether oxygens (including phenoxy) is 1. The molecule has 4 N–H and O–H groups in total. The van der Waals surface area contributed by atoms with E-state index in [0.29, 0.717) is 18.2 Å². The van der Waals surface area contributed by atoms with Gasteiger partial charge in [0, 0.05) is 69.3 Å². The van der Waals surface area contributed by atoms with Crippen LogP contribution in [0.2, 0.25) is 0 Å². The average Bonchev–Trinajstić information content (AvgIpc) is 3.76. The minimum absolute atomic E-state index is 0.0597. The minimum atomic E-state index is -0.229. The van der Waals surface area contributed by atoms with Crippen molar-refractivity contribution in [2.24, 2.45) is 7.05 Å². The maximum Gasteiger partial charge on any atom is 0.255 e. The van der Waals surface area contributed by atoms with E-state index in [-0.39, 0.29) is 30.5 Å². The number of rotatable bonds is 10. The molecule has 2 fully saturated rings. The monoisotopic (exact) mass is 649 g/mol. The molecule has 3 heterocycles. The molecule has 0 radical (unpaired) electrons. The zero-order chi connectivity index (χ0) is 33.0. The smallest absolute Gasteiger partial charge is 0.255 e. The van der Waals surface area contributed by atoms with Gasteiger partial charge in [0.15, 0.2) is 0 Å². The Morgan fingerprint density at radius 1 is 0.958 bits per heavy atom. The molecule has 3 atom stereocenters. The lowest BCUT2D eigenvalue weighted by molar-refractivity contribution is 0.0272. The van der Waals surface area contributed by atoms with Gasteiger partial charge in [0.25, 0.3) is 5.91 Å². The van der Waals surface area contributed by atoms with Crippen LogP contribution in [-0.4, -0.2) is 87.1 Å². The van der Waals surface area contributed by atoms with Gasteiger partial charge < -0.3 is 20.9 Å². The van der Waals surface area contributed by atoms with Crippen LogP contribution in [0, 0.1) is 0 Å². The number of nitrogen functional groups attached to an aromatic ring is 1. The first kappa shape index (κ1) is 32.5. The van der Waals surface area contributed by atoms with Crippen molar-refractivity contribution >= 4 is 11.7 Å². The molecule has 10 nitrogen and oxygen atoms in total. The minimum Gasteiger partial charge on any atom is -0.395 e. The average molecular weight is 650 g/mol. The summed E-state index contributed by atoms with van der Waals surface area (Å²) < 4.78 is 8.10. The number of aryl methyl sites for hydroxylation is 2. The van der Waals surface area contributed by atoms with E-state index in [1.54, 1.807) is 23.1 Å². The number of nitrogens with two attached hydrogens (primary N) is 1. The summed E-state index contributed by atoms with van der Waals surface area (Å²) in [4.78, 5) is 22.6. The van der Waals surface area contributed by atoms with Crippen molar-refractivity contribution in [2.45, 2.75) is 63.3 Å². The Hall–Kier alpha value is -4.09. The molecule has 1 saturated heterocycles. The highest BCUT2D eigenvalue weighted by Gasteiger charge is 2.31. The number of pyridine rings is 1. The number of fused-ring (bicyclic) bond motifs is 1. The first-order valence-corrected chi connectivity index (χ1v) is 17.4. The van der Waals surface area contributed by atoms with E-state index in [1.807, 2.05) is 13.2 Å². The van der Waals surface area contributed by atoms with Gasteiger partial charge in [0.2, 0.25) is 0 Å². The standard InChI is InChI=1S/C38H47N7O3/c1-43-24-31(23-41-43)30-21-33(37(39)40-22-30)38(47)42-34-5-3-7-36(34)48-25-26-8-10-27(11-9-26)28-12-13-32-29(20-28)4-2-6-35(32)45-16-14-44(15-17-45)18-19-46/h8-13,20-24,34-36,46H,2-7,14-19,25H2,1H3,(H2,39,40)(H,42,47)/t34-,35?,36-/m0/s1. The summed E-state index contributed by atoms with van der Waals surface area (Å²) in [7, 11) is 1.85. The molecule has 252 valence electrons. The molecular weight excluding hydrogens is 602 g/mol. The van der Waals surface area contributed by atoms with Crippen molar-refractivity contribution in [3.8, 4) is 22.3 Å². The number of aliphatic hydroxyl groups is 1. The molecule has 1 unspecified atom stereocenters. The fourth-order valence-corrected chi connectivity index (χ4v) is 7.71. The predicted molar refractivity (Wildman–Crippen MR) is 187 cm³/mol. The topological polar surface area (TPSA) is 122 Å². The number of nitrogens with one attached hydrogen (secondary N) is 1. The van der Waals surface area contributed by atoms with E-state index in [4.69, 9.17) is 10.5 Å². The van der Waals surface area contributed by atoms with Crippen LogP contribution < -0.4 is 11.1 Å². The number of hydrogen-bond donors (Lipinski definition) is 3. The molecule has 0 spiro atoms. The predicted octanol–water partition coefficient (Wildman–Crippen LogP) is 4.59. The van der Waals surface area contributed by atoms with Crippen LogP contribution in [-0.2, 0) is 24.8 Å². The van der Waals surface area contributed by atoms with Crippen molar-refractivity contribution < 1.29 is 14.6 Å². The van der Waals surface area contributed by atoms with Crippen LogP contribution in [0.25, 0.3) is 22.3 Å². The molecular formula is C38H47N7O3.